The number of morpholine rings is 1. The molecule has 6 nitrogen and oxygen atoms in total. The fourth-order valence-corrected chi connectivity index (χ4v) is 4.42. The summed E-state index contributed by atoms with van der Waals surface area (Å²) < 4.78 is 19.4. The number of likely N-dealkylation sites (tertiary alicyclic amines) is 1. The minimum Gasteiger partial charge on any atom is -0.872 e. The van der Waals surface area contributed by atoms with Crippen LogP contribution in [0.5, 0.6) is 0 Å². The van der Waals surface area contributed by atoms with Gasteiger partial charge in [0.15, 0.2) is 0 Å². The van der Waals surface area contributed by atoms with Gasteiger partial charge in [-0.15, -0.1) is 0 Å². The van der Waals surface area contributed by atoms with Gasteiger partial charge < -0.3 is 19.6 Å². The molecule has 0 aromatic heterocycles. The Balaban J connectivity index is 1.67. The summed E-state index contributed by atoms with van der Waals surface area (Å²) in [7, 11) is 0. The second-order valence-electron chi connectivity index (χ2n) is 8.00. The molecule has 4 rings (SSSR count). The molecule has 32 heavy (non-hydrogen) atoms. The Kier molecular flexibility index (Phi) is 6.89. The highest BCUT2D eigenvalue weighted by molar-refractivity contribution is 6.46. The highest BCUT2D eigenvalue weighted by atomic mass is 35.5. The summed E-state index contributed by atoms with van der Waals surface area (Å²) in [4.78, 5) is 28.6. The largest absolute Gasteiger partial charge is 0.872 e. The number of nitrogens with one attached hydrogen (secondary N) is 1. The van der Waals surface area contributed by atoms with Crippen molar-refractivity contribution in [1.29, 1.82) is 0 Å². The van der Waals surface area contributed by atoms with Crippen LogP contribution in [0, 0.1) is 5.82 Å². The number of amides is 1. The smallest absolute Gasteiger partial charge is 0.295 e. The summed E-state index contributed by atoms with van der Waals surface area (Å²) in [6.45, 7) is 4.32. The molecule has 1 N–H and O–H groups in total. The molecule has 2 aliphatic heterocycles. The molecule has 1 atom stereocenters. The van der Waals surface area contributed by atoms with E-state index in [2.05, 4.69) is 0 Å². The van der Waals surface area contributed by atoms with E-state index in [4.69, 9.17) is 16.3 Å². The lowest BCUT2D eigenvalue weighted by Crippen LogP contribution is -3.14. The van der Waals surface area contributed by atoms with E-state index in [-0.39, 0.29) is 11.1 Å². The third-order valence-corrected chi connectivity index (χ3v) is 6.18. The summed E-state index contributed by atoms with van der Waals surface area (Å²) >= 11 is 5.92. The van der Waals surface area contributed by atoms with E-state index in [1.165, 1.54) is 40.1 Å². The van der Waals surface area contributed by atoms with E-state index in [0.29, 0.717) is 36.8 Å². The fraction of sp³-hybridized carbons (Fsp3) is 0.333. The zero-order valence-electron chi connectivity index (χ0n) is 17.5. The Morgan fingerprint density at radius 2 is 1.88 bits per heavy atom. The van der Waals surface area contributed by atoms with Crippen molar-refractivity contribution in [2.45, 2.75) is 12.5 Å². The number of nitrogens with zero attached hydrogens (tertiary/aromatic N) is 1. The highest BCUT2D eigenvalue weighted by Gasteiger charge is 2.44. The monoisotopic (exact) mass is 458 g/mol. The van der Waals surface area contributed by atoms with Crippen LogP contribution in [-0.2, 0) is 14.3 Å². The van der Waals surface area contributed by atoms with Gasteiger partial charge in [0.05, 0.1) is 25.8 Å². The van der Waals surface area contributed by atoms with Crippen molar-refractivity contribution in [3.63, 3.8) is 0 Å². The van der Waals surface area contributed by atoms with E-state index < -0.39 is 29.3 Å². The molecule has 1 amide bonds. The number of quaternary nitrogens is 1. The number of ketones is 1. The van der Waals surface area contributed by atoms with Crippen LogP contribution < -0.4 is 10.0 Å². The molecular formula is C24H24ClFN2O4. The maximum atomic E-state index is 14.0. The molecule has 168 valence electrons. The second-order valence-corrected chi connectivity index (χ2v) is 8.44. The molecule has 2 saturated heterocycles. The average molecular weight is 459 g/mol. The molecule has 2 aromatic rings. The molecule has 0 saturated carbocycles. The molecule has 2 heterocycles. The lowest BCUT2D eigenvalue weighted by Gasteiger charge is -2.29. The Hall–Kier alpha value is -2.74. The summed E-state index contributed by atoms with van der Waals surface area (Å²) in [6.07, 6.45) is 0.655. The van der Waals surface area contributed by atoms with Crippen molar-refractivity contribution in [2.24, 2.45) is 0 Å². The maximum Gasteiger partial charge on any atom is 0.295 e. The van der Waals surface area contributed by atoms with Gasteiger partial charge in [0.2, 0.25) is 5.78 Å². The second kappa shape index (κ2) is 9.81. The molecule has 2 fully saturated rings. The summed E-state index contributed by atoms with van der Waals surface area (Å²) in [6, 6.07) is 10.9. The number of carbonyl (C=O) groups excluding carboxylic acids is 2. The first-order chi connectivity index (χ1) is 15.5. The number of halogens is 2. The van der Waals surface area contributed by atoms with Gasteiger partial charge >= 0.3 is 0 Å². The standard InChI is InChI=1S/C24H24ClFN2O4/c25-18-7-5-16(6-8-18)22(29)20-21(17-3-1-4-19(26)15-17)28(24(31)23(20)30)10-2-9-27-11-13-32-14-12-27/h1,3-8,15,21,29H,2,9-14H2/b22-20+. The SMILES string of the molecule is O=C1C(=O)N(CCC[NH+]2CCOCC2)C(c2cccc(F)c2)/C1=C(\[O-])c1ccc(Cl)cc1. The van der Waals surface area contributed by atoms with Gasteiger partial charge in [-0.3, -0.25) is 9.59 Å². The van der Waals surface area contributed by atoms with Crippen molar-refractivity contribution < 1.29 is 28.7 Å². The zero-order valence-corrected chi connectivity index (χ0v) is 18.2. The maximum absolute atomic E-state index is 14.0. The molecule has 8 heteroatoms. The molecule has 2 aromatic carbocycles. The van der Waals surface area contributed by atoms with Crippen LogP contribution >= 0.6 is 11.6 Å². The molecule has 2 aliphatic rings. The minimum absolute atomic E-state index is 0.151. The van der Waals surface area contributed by atoms with Crippen LogP contribution in [0.3, 0.4) is 0 Å². The number of Topliss-reactive ketones (excluding diaryl/α,β-unsaturated/α-hetero) is 1. The number of hydrogen-bond acceptors (Lipinski definition) is 4. The van der Waals surface area contributed by atoms with Gasteiger partial charge in [-0.25, -0.2) is 4.39 Å². The number of carbonyl (C=O) groups is 2. The first-order valence-corrected chi connectivity index (χ1v) is 11.0. The Labute approximate surface area is 190 Å². The van der Waals surface area contributed by atoms with Crippen molar-refractivity contribution >= 4 is 29.1 Å². The zero-order chi connectivity index (χ0) is 22.7. The molecular weight excluding hydrogens is 435 g/mol. The van der Waals surface area contributed by atoms with Crippen molar-refractivity contribution in [3.8, 4) is 0 Å². The number of benzene rings is 2. The highest BCUT2D eigenvalue weighted by Crippen LogP contribution is 2.38. The summed E-state index contributed by atoms with van der Waals surface area (Å²) in [5.41, 5.74) is 0.508. The van der Waals surface area contributed by atoms with E-state index >= 15 is 0 Å². The van der Waals surface area contributed by atoms with Crippen LogP contribution in [0.15, 0.2) is 54.1 Å². The first-order valence-electron chi connectivity index (χ1n) is 10.6. The van der Waals surface area contributed by atoms with Crippen LogP contribution in [0.1, 0.15) is 23.6 Å². The summed E-state index contributed by atoms with van der Waals surface area (Å²) in [5.74, 6) is -2.60. The number of ether oxygens (including phenoxy) is 1. The normalized spacial score (nSPS) is 21.3. The van der Waals surface area contributed by atoms with E-state index in [1.54, 1.807) is 18.2 Å². The van der Waals surface area contributed by atoms with Crippen molar-refractivity contribution in [3.05, 3.63) is 76.1 Å². The predicted molar refractivity (Wildman–Crippen MR) is 115 cm³/mol. The minimum atomic E-state index is -0.923. The Morgan fingerprint density at radius 1 is 1.16 bits per heavy atom. The van der Waals surface area contributed by atoms with Gasteiger partial charge in [-0.1, -0.05) is 41.6 Å². The Morgan fingerprint density at radius 3 is 2.56 bits per heavy atom. The van der Waals surface area contributed by atoms with E-state index in [1.807, 2.05) is 0 Å². The van der Waals surface area contributed by atoms with Gasteiger partial charge in [0.25, 0.3) is 5.91 Å². The first kappa shape index (κ1) is 22.5. The topological polar surface area (TPSA) is 74.1 Å². The fourth-order valence-electron chi connectivity index (χ4n) is 4.29. The quantitative estimate of drug-likeness (QED) is 0.398. The Bertz CT molecular complexity index is 1030. The lowest BCUT2D eigenvalue weighted by atomic mass is 9.95. The van der Waals surface area contributed by atoms with Crippen LogP contribution in [0.4, 0.5) is 4.39 Å². The molecule has 0 aliphatic carbocycles. The van der Waals surface area contributed by atoms with Crippen LogP contribution in [0.2, 0.25) is 5.02 Å². The average Bonchev–Trinajstić information content (AvgIpc) is 3.05. The lowest BCUT2D eigenvalue weighted by molar-refractivity contribution is -0.908. The van der Waals surface area contributed by atoms with Gasteiger partial charge in [0.1, 0.15) is 18.9 Å². The van der Waals surface area contributed by atoms with Gasteiger partial charge in [0, 0.05) is 23.6 Å². The van der Waals surface area contributed by atoms with E-state index in [9.17, 15) is 19.1 Å². The van der Waals surface area contributed by atoms with E-state index in [0.717, 1.165) is 19.6 Å². The van der Waals surface area contributed by atoms with Crippen LogP contribution in [0.25, 0.3) is 5.76 Å². The predicted octanol–water partition coefficient (Wildman–Crippen LogP) is 1.01. The molecule has 0 spiro atoms. The third-order valence-electron chi connectivity index (χ3n) is 5.93. The summed E-state index contributed by atoms with van der Waals surface area (Å²) in [5, 5.41) is 13.7. The van der Waals surface area contributed by atoms with Gasteiger partial charge in [-0.05, 0) is 35.4 Å². The van der Waals surface area contributed by atoms with Crippen LogP contribution in [-0.4, -0.2) is 56.0 Å². The number of rotatable bonds is 6. The third kappa shape index (κ3) is 4.70. The molecule has 1 unspecified atom stereocenters. The molecule has 0 radical (unpaired) electrons. The molecule has 0 bridgehead atoms. The number of hydrogen-bond donors (Lipinski definition) is 1. The van der Waals surface area contributed by atoms with Gasteiger partial charge in [-0.2, -0.15) is 0 Å². The van der Waals surface area contributed by atoms with Crippen molar-refractivity contribution in [2.75, 3.05) is 39.4 Å². The van der Waals surface area contributed by atoms with Crippen molar-refractivity contribution in [1.82, 2.24) is 4.90 Å².